The molecule has 3 heteroatoms. The van der Waals surface area contributed by atoms with E-state index in [0.717, 1.165) is 31.7 Å². The third-order valence-electron chi connectivity index (χ3n) is 3.47. The van der Waals surface area contributed by atoms with E-state index < -0.39 is 0 Å². The van der Waals surface area contributed by atoms with Gasteiger partial charge in [-0.2, -0.15) is 0 Å². The normalized spacial score (nSPS) is 31.3. The molecule has 15 heavy (non-hydrogen) atoms. The van der Waals surface area contributed by atoms with Crippen LogP contribution < -0.4 is 5.32 Å². The van der Waals surface area contributed by atoms with Crippen LogP contribution in [0.25, 0.3) is 0 Å². The van der Waals surface area contributed by atoms with E-state index in [1.165, 1.54) is 12.8 Å². The Morgan fingerprint density at radius 3 is 2.67 bits per heavy atom. The summed E-state index contributed by atoms with van der Waals surface area (Å²) in [5.41, 5.74) is 0. The Morgan fingerprint density at radius 2 is 2.13 bits per heavy atom. The van der Waals surface area contributed by atoms with Gasteiger partial charge < -0.3 is 4.90 Å². The number of hydrogen-bond acceptors (Lipinski definition) is 2. The molecule has 0 aromatic rings. The first-order valence-corrected chi connectivity index (χ1v) is 6.32. The standard InChI is InChI=1S/C12H22N2O/c1-3-5-11-13-10(4-2)12(15)14(11)8-9-6-7-9/h9-11,13H,3-8H2,1-2H3. The van der Waals surface area contributed by atoms with Crippen molar-refractivity contribution in [2.24, 2.45) is 5.92 Å². The molecule has 0 spiro atoms. The van der Waals surface area contributed by atoms with E-state index in [0.29, 0.717) is 12.1 Å². The SMILES string of the molecule is CCCC1NC(CC)C(=O)N1CC1CC1. The molecule has 1 heterocycles. The minimum absolute atomic E-state index is 0.0836. The average molecular weight is 210 g/mol. The van der Waals surface area contributed by atoms with Crippen LogP contribution in [-0.2, 0) is 4.79 Å². The van der Waals surface area contributed by atoms with E-state index in [1.54, 1.807) is 0 Å². The lowest BCUT2D eigenvalue weighted by Gasteiger charge is -2.23. The van der Waals surface area contributed by atoms with Crippen LogP contribution in [0.4, 0.5) is 0 Å². The summed E-state index contributed by atoms with van der Waals surface area (Å²) in [6.45, 7) is 5.26. The van der Waals surface area contributed by atoms with Gasteiger partial charge in [0.15, 0.2) is 0 Å². The van der Waals surface area contributed by atoms with Crippen LogP contribution in [0.3, 0.4) is 0 Å². The van der Waals surface area contributed by atoms with Crippen LogP contribution in [0, 0.1) is 5.92 Å². The van der Waals surface area contributed by atoms with Gasteiger partial charge in [0.05, 0.1) is 12.2 Å². The molecule has 1 amide bonds. The average Bonchev–Trinajstić information content (AvgIpc) is 2.99. The number of hydrogen-bond donors (Lipinski definition) is 1. The van der Waals surface area contributed by atoms with Crippen LogP contribution in [0.15, 0.2) is 0 Å². The molecule has 1 saturated carbocycles. The Hall–Kier alpha value is -0.570. The number of carbonyl (C=O) groups is 1. The summed E-state index contributed by atoms with van der Waals surface area (Å²) < 4.78 is 0. The van der Waals surface area contributed by atoms with Crippen molar-refractivity contribution in [1.29, 1.82) is 0 Å². The summed E-state index contributed by atoms with van der Waals surface area (Å²) in [5.74, 6) is 1.13. The Morgan fingerprint density at radius 1 is 1.40 bits per heavy atom. The maximum Gasteiger partial charge on any atom is 0.241 e. The van der Waals surface area contributed by atoms with E-state index in [2.05, 4.69) is 24.1 Å². The fourth-order valence-corrected chi connectivity index (χ4v) is 2.35. The molecule has 86 valence electrons. The summed E-state index contributed by atoms with van der Waals surface area (Å²) in [5, 5.41) is 3.45. The van der Waals surface area contributed by atoms with Gasteiger partial charge in [-0.3, -0.25) is 10.1 Å². The first kappa shape index (κ1) is 10.9. The highest BCUT2D eigenvalue weighted by Crippen LogP contribution is 2.32. The highest BCUT2D eigenvalue weighted by molar-refractivity contribution is 5.84. The molecule has 2 unspecified atom stereocenters. The van der Waals surface area contributed by atoms with Crippen molar-refractivity contribution < 1.29 is 4.79 Å². The molecule has 1 aliphatic carbocycles. The van der Waals surface area contributed by atoms with Crippen LogP contribution in [0.2, 0.25) is 0 Å². The molecule has 1 N–H and O–H groups in total. The highest BCUT2D eigenvalue weighted by Gasteiger charge is 2.39. The molecule has 2 fully saturated rings. The van der Waals surface area contributed by atoms with Crippen molar-refractivity contribution in [1.82, 2.24) is 10.2 Å². The van der Waals surface area contributed by atoms with Crippen LogP contribution in [0.5, 0.6) is 0 Å². The third-order valence-corrected chi connectivity index (χ3v) is 3.47. The van der Waals surface area contributed by atoms with E-state index in [1.807, 2.05) is 0 Å². The fourth-order valence-electron chi connectivity index (χ4n) is 2.35. The lowest BCUT2D eigenvalue weighted by Crippen LogP contribution is -2.38. The third kappa shape index (κ3) is 2.33. The van der Waals surface area contributed by atoms with Crippen molar-refractivity contribution in [2.45, 2.75) is 58.2 Å². The second-order valence-corrected chi connectivity index (χ2v) is 4.87. The molecular formula is C12H22N2O. The molecule has 2 aliphatic rings. The predicted octanol–water partition coefficient (Wildman–Crippen LogP) is 1.73. The van der Waals surface area contributed by atoms with Crippen LogP contribution in [0.1, 0.15) is 46.0 Å². The monoisotopic (exact) mass is 210 g/mol. The minimum atomic E-state index is 0.0836. The van der Waals surface area contributed by atoms with Gasteiger partial charge in [-0.05, 0) is 31.6 Å². The second-order valence-electron chi connectivity index (χ2n) is 4.87. The zero-order valence-corrected chi connectivity index (χ0v) is 9.83. The summed E-state index contributed by atoms with van der Waals surface area (Å²) in [4.78, 5) is 14.1. The lowest BCUT2D eigenvalue weighted by atomic mass is 10.2. The Balaban J connectivity index is 1.97. The Labute approximate surface area is 92.2 Å². The van der Waals surface area contributed by atoms with Gasteiger partial charge in [-0.25, -0.2) is 0 Å². The van der Waals surface area contributed by atoms with Gasteiger partial charge in [0, 0.05) is 6.54 Å². The summed E-state index contributed by atoms with van der Waals surface area (Å²) in [6, 6.07) is 0.0836. The molecule has 0 radical (unpaired) electrons. The summed E-state index contributed by atoms with van der Waals surface area (Å²) in [7, 11) is 0. The van der Waals surface area contributed by atoms with E-state index in [4.69, 9.17) is 0 Å². The fraction of sp³-hybridized carbons (Fsp3) is 0.917. The number of nitrogens with zero attached hydrogens (tertiary/aromatic N) is 1. The van der Waals surface area contributed by atoms with Crippen LogP contribution in [-0.4, -0.2) is 29.6 Å². The Kier molecular flexibility index (Phi) is 3.29. The quantitative estimate of drug-likeness (QED) is 0.749. The molecule has 2 atom stereocenters. The van der Waals surface area contributed by atoms with Gasteiger partial charge in [0.1, 0.15) is 0 Å². The van der Waals surface area contributed by atoms with Gasteiger partial charge in [0.25, 0.3) is 0 Å². The van der Waals surface area contributed by atoms with Crippen LogP contribution >= 0.6 is 0 Å². The summed E-state index contributed by atoms with van der Waals surface area (Å²) in [6.07, 6.45) is 6.10. The zero-order chi connectivity index (χ0) is 10.8. The van der Waals surface area contributed by atoms with Crippen molar-refractivity contribution in [3.8, 4) is 0 Å². The number of carbonyl (C=O) groups excluding carboxylic acids is 1. The lowest BCUT2D eigenvalue weighted by molar-refractivity contribution is -0.130. The van der Waals surface area contributed by atoms with E-state index in [9.17, 15) is 4.79 Å². The van der Waals surface area contributed by atoms with Gasteiger partial charge >= 0.3 is 0 Å². The van der Waals surface area contributed by atoms with Crippen molar-refractivity contribution in [2.75, 3.05) is 6.54 Å². The van der Waals surface area contributed by atoms with Crippen molar-refractivity contribution in [3.63, 3.8) is 0 Å². The number of amides is 1. The molecule has 0 aromatic heterocycles. The smallest absolute Gasteiger partial charge is 0.241 e. The first-order chi connectivity index (χ1) is 7.26. The molecule has 0 aromatic carbocycles. The zero-order valence-electron chi connectivity index (χ0n) is 9.83. The van der Waals surface area contributed by atoms with Gasteiger partial charge in [-0.1, -0.05) is 20.3 Å². The highest BCUT2D eigenvalue weighted by atomic mass is 16.2. The first-order valence-electron chi connectivity index (χ1n) is 6.32. The van der Waals surface area contributed by atoms with Gasteiger partial charge in [-0.15, -0.1) is 0 Å². The molecule has 1 saturated heterocycles. The van der Waals surface area contributed by atoms with E-state index >= 15 is 0 Å². The van der Waals surface area contributed by atoms with Crippen molar-refractivity contribution >= 4 is 5.91 Å². The molecular weight excluding hydrogens is 188 g/mol. The maximum absolute atomic E-state index is 12.0. The largest absolute Gasteiger partial charge is 0.326 e. The topological polar surface area (TPSA) is 32.3 Å². The Bertz CT molecular complexity index is 238. The number of nitrogens with one attached hydrogen (secondary N) is 1. The molecule has 0 bridgehead atoms. The van der Waals surface area contributed by atoms with Crippen molar-refractivity contribution in [3.05, 3.63) is 0 Å². The minimum Gasteiger partial charge on any atom is -0.326 e. The molecule has 1 aliphatic heterocycles. The second kappa shape index (κ2) is 4.52. The summed E-state index contributed by atoms with van der Waals surface area (Å²) >= 11 is 0. The molecule has 2 rings (SSSR count). The maximum atomic E-state index is 12.0. The molecule has 3 nitrogen and oxygen atoms in total. The van der Waals surface area contributed by atoms with E-state index in [-0.39, 0.29) is 6.04 Å². The van der Waals surface area contributed by atoms with Gasteiger partial charge in [0.2, 0.25) is 5.91 Å². The predicted molar refractivity (Wildman–Crippen MR) is 60.3 cm³/mol. The number of rotatable bonds is 5.